The summed E-state index contributed by atoms with van der Waals surface area (Å²) in [7, 11) is 0. The molecule has 1 radical (unpaired) electrons. The normalized spacial score (nSPS) is 13.1. The fraction of sp³-hybridized carbons (Fsp3) is 0.385. The highest BCUT2D eigenvalue weighted by Gasteiger charge is 2.31. The van der Waals surface area contributed by atoms with Gasteiger partial charge in [-0.2, -0.15) is 16.7 Å². The predicted octanol–water partition coefficient (Wildman–Crippen LogP) is -0.733. The van der Waals surface area contributed by atoms with E-state index in [1.165, 1.54) is 6.07 Å². The topological polar surface area (TPSA) is 66.4 Å². The van der Waals surface area contributed by atoms with Gasteiger partial charge in [-0.05, 0) is 12.0 Å². The lowest BCUT2D eigenvalue weighted by molar-refractivity contribution is -0.328. The summed E-state index contributed by atoms with van der Waals surface area (Å²) in [6.07, 6.45) is -4.57. The third-order valence-electron chi connectivity index (χ3n) is 2.76. The van der Waals surface area contributed by atoms with E-state index in [4.69, 9.17) is 5.11 Å². The Morgan fingerprint density at radius 1 is 1.29 bits per heavy atom. The van der Waals surface area contributed by atoms with Crippen molar-refractivity contribution in [2.45, 2.75) is 26.1 Å². The van der Waals surface area contributed by atoms with Gasteiger partial charge in [0.1, 0.15) is 6.04 Å². The second kappa shape index (κ2) is 6.63. The summed E-state index contributed by atoms with van der Waals surface area (Å²) >= 11 is 1.73. The average Bonchev–Trinajstić information content (AvgIpc) is 2.33. The molecular formula is C13H13F3INO3-. The van der Waals surface area contributed by atoms with Crippen molar-refractivity contribution in [3.63, 3.8) is 0 Å². The van der Waals surface area contributed by atoms with Gasteiger partial charge in [0.25, 0.3) is 0 Å². The molecule has 1 aromatic rings. The number of amides is 1. The number of aliphatic carboxylic acids is 1. The van der Waals surface area contributed by atoms with Crippen molar-refractivity contribution in [2.75, 3.05) is 0 Å². The zero-order chi connectivity index (χ0) is 16.4. The van der Waals surface area contributed by atoms with Crippen LogP contribution in [0.4, 0.5) is 13.2 Å². The Labute approximate surface area is 132 Å². The van der Waals surface area contributed by atoms with Gasteiger partial charge in [-0.3, -0.25) is 4.79 Å². The minimum Gasteiger partial charge on any atom is -0.758 e. The van der Waals surface area contributed by atoms with Gasteiger partial charge in [0.2, 0.25) is 5.91 Å². The van der Waals surface area contributed by atoms with Crippen LogP contribution in [0.25, 0.3) is 0 Å². The fourth-order valence-electron chi connectivity index (χ4n) is 1.61. The maximum Gasteiger partial charge on any atom is 0.416 e. The van der Waals surface area contributed by atoms with Gasteiger partial charge in [-0.15, -0.1) is 0 Å². The van der Waals surface area contributed by atoms with E-state index >= 15 is 0 Å². The predicted molar refractivity (Wildman–Crippen MR) is 63.9 cm³/mol. The van der Waals surface area contributed by atoms with Crippen LogP contribution >= 0.6 is 0 Å². The van der Waals surface area contributed by atoms with Crippen molar-refractivity contribution >= 4 is 11.9 Å². The number of carboxylic acid groups (broad SMARTS) is 1. The van der Waals surface area contributed by atoms with Gasteiger partial charge in [-0.1, -0.05) is 26.0 Å². The Morgan fingerprint density at radius 3 is 2.29 bits per heavy atom. The molecule has 0 fully saturated rings. The number of carbonyl (C=O) groups is 2. The summed E-state index contributed by atoms with van der Waals surface area (Å²) in [5.74, 6) is -2.47. The van der Waals surface area contributed by atoms with Crippen LogP contribution in [0.5, 0.6) is 0 Å². The van der Waals surface area contributed by atoms with E-state index in [2.05, 4.69) is 5.32 Å². The number of nitrogens with one attached hydrogen (secondary N) is 1. The van der Waals surface area contributed by atoms with Crippen molar-refractivity contribution in [2.24, 2.45) is 5.92 Å². The van der Waals surface area contributed by atoms with Crippen LogP contribution in [0.15, 0.2) is 18.2 Å². The summed E-state index contributed by atoms with van der Waals surface area (Å²) in [5.41, 5.74) is -1.15. The SMILES string of the molecule is CC(C)[C@@H](NC(=O)c1cc(C(F)(F)F)ccc1[I-])C(=O)O. The van der Waals surface area contributed by atoms with Crippen molar-refractivity contribution < 1.29 is 50.5 Å². The Morgan fingerprint density at radius 2 is 1.86 bits per heavy atom. The second-order valence-corrected chi connectivity index (χ2v) is 5.89. The van der Waals surface area contributed by atoms with Crippen molar-refractivity contribution in [1.82, 2.24) is 5.32 Å². The molecule has 0 spiro atoms. The van der Waals surface area contributed by atoms with E-state index in [0.717, 1.165) is 12.1 Å². The average molecular weight is 415 g/mol. The van der Waals surface area contributed by atoms with E-state index in [0.29, 0.717) is 3.57 Å². The molecule has 0 heterocycles. The van der Waals surface area contributed by atoms with Gasteiger partial charge < -0.3 is 33.0 Å². The molecule has 1 amide bonds. The lowest BCUT2D eigenvalue weighted by atomic mass is 10.0. The number of hydrogen-bond donors (Lipinski definition) is 2. The molecule has 4 nitrogen and oxygen atoms in total. The van der Waals surface area contributed by atoms with Gasteiger partial charge in [0, 0.05) is 5.56 Å². The molecule has 8 heteroatoms. The van der Waals surface area contributed by atoms with Crippen LogP contribution in [-0.4, -0.2) is 23.0 Å². The monoisotopic (exact) mass is 415 g/mol. The Balaban J connectivity index is 3.10. The molecule has 0 unspecified atom stereocenters. The molecule has 0 saturated heterocycles. The number of carboxylic acids is 1. The molecular weight excluding hydrogens is 402 g/mol. The minimum absolute atomic E-state index is 0.197. The molecule has 1 aromatic carbocycles. The molecule has 0 aliphatic carbocycles. The van der Waals surface area contributed by atoms with E-state index < -0.39 is 35.6 Å². The highest BCUT2D eigenvalue weighted by atomic mass is 127. The molecule has 1 rings (SSSR count). The first-order valence-electron chi connectivity index (χ1n) is 5.94. The summed E-state index contributed by atoms with van der Waals surface area (Å²) in [6, 6.07) is 1.60. The van der Waals surface area contributed by atoms with Crippen LogP contribution in [0.3, 0.4) is 0 Å². The number of benzene rings is 1. The second-order valence-electron chi connectivity index (χ2n) is 4.73. The first-order valence-corrected chi connectivity index (χ1v) is 7.02. The zero-order valence-electron chi connectivity index (χ0n) is 11.2. The first-order chi connectivity index (χ1) is 9.54. The van der Waals surface area contributed by atoms with E-state index in [1.807, 2.05) is 0 Å². The Hall–Kier alpha value is -1.32. The standard InChI is InChI=1S/C13H13F3INO3/c1-6(2)10(12(20)21)18-11(19)8-5-7(13(14,15)16)3-4-9(8)17/h3-6,10H,1-2H3,(H,18,19)(H,20,21)/q-1/t10-/m1/s1. The van der Waals surface area contributed by atoms with E-state index in [-0.39, 0.29) is 5.56 Å². The highest BCUT2D eigenvalue weighted by Crippen LogP contribution is 2.29. The van der Waals surface area contributed by atoms with Crippen molar-refractivity contribution in [3.8, 4) is 0 Å². The number of halogens is 4. The zero-order valence-corrected chi connectivity index (χ0v) is 13.3. The van der Waals surface area contributed by atoms with Crippen LogP contribution < -0.4 is 27.9 Å². The molecule has 0 bridgehead atoms. The van der Waals surface area contributed by atoms with Crippen molar-refractivity contribution in [3.05, 3.63) is 32.9 Å². The lowest BCUT2D eigenvalue weighted by Crippen LogP contribution is -3.34. The smallest absolute Gasteiger partial charge is 0.416 e. The molecule has 1 atom stereocenters. The largest absolute Gasteiger partial charge is 0.758 e. The maximum absolute atomic E-state index is 12.7. The minimum atomic E-state index is -4.57. The van der Waals surface area contributed by atoms with E-state index in [9.17, 15) is 22.8 Å². The summed E-state index contributed by atoms with van der Waals surface area (Å²) in [5, 5.41) is 11.2. The third-order valence-corrected chi connectivity index (χ3v) is 3.70. The summed E-state index contributed by atoms with van der Waals surface area (Å²) in [6.45, 7) is 3.19. The molecule has 21 heavy (non-hydrogen) atoms. The molecule has 2 N–H and O–H groups in total. The summed E-state index contributed by atoms with van der Waals surface area (Å²) in [4.78, 5) is 23.0. The number of carbonyl (C=O) groups excluding carboxylic acids is 1. The third kappa shape index (κ3) is 4.58. The van der Waals surface area contributed by atoms with Crippen LogP contribution in [0, 0.1) is 9.49 Å². The number of alkyl halides is 3. The summed E-state index contributed by atoms with van der Waals surface area (Å²) < 4.78 is 38.3. The quantitative estimate of drug-likeness (QED) is 0.638. The Kier molecular flexibility index (Phi) is 5.60. The number of rotatable bonds is 4. The number of hydrogen-bond acceptors (Lipinski definition) is 2. The molecule has 0 saturated carbocycles. The lowest BCUT2D eigenvalue weighted by Gasteiger charge is -2.21. The highest BCUT2D eigenvalue weighted by molar-refractivity contribution is 5.96. The van der Waals surface area contributed by atoms with E-state index in [1.54, 1.807) is 36.4 Å². The van der Waals surface area contributed by atoms with Gasteiger partial charge >= 0.3 is 12.1 Å². The van der Waals surface area contributed by atoms with Crippen LogP contribution in [-0.2, 0) is 11.0 Å². The van der Waals surface area contributed by atoms with Gasteiger partial charge in [0.05, 0.1) is 5.56 Å². The van der Waals surface area contributed by atoms with Crippen molar-refractivity contribution in [1.29, 1.82) is 0 Å². The molecule has 0 aliphatic rings. The molecule has 0 aromatic heterocycles. The van der Waals surface area contributed by atoms with Gasteiger partial charge in [0.15, 0.2) is 0 Å². The van der Waals surface area contributed by atoms with Crippen LogP contribution in [0.1, 0.15) is 29.8 Å². The van der Waals surface area contributed by atoms with Crippen LogP contribution in [0.2, 0.25) is 0 Å². The molecule has 0 aliphatic heterocycles. The maximum atomic E-state index is 12.7. The Bertz CT molecular complexity index is 558. The fourth-order valence-corrected chi connectivity index (χ4v) is 2.19. The first kappa shape index (κ1) is 17.7. The van der Waals surface area contributed by atoms with Gasteiger partial charge in [-0.25, -0.2) is 4.79 Å². The molecule has 117 valence electrons.